The second-order valence-corrected chi connectivity index (χ2v) is 5.06. The molecule has 0 saturated heterocycles. The summed E-state index contributed by atoms with van der Waals surface area (Å²) < 4.78 is 29.4. The van der Waals surface area contributed by atoms with E-state index in [4.69, 9.17) is 14.2 Å². The highest BCUT2D eigenvalue weighted by Crippen LogP contribution is 2.33. The molecule has 0 heterocycles. The summed E-state index contributed by atoms with van der Waals surface area (Å²) in [5, 5.41) is 2.76. The standard InChI is InChI=1S/C18H20FNO4/c1-22-13-9-16(23-2)14(17(10-13)24-3)11-20-18(21)8-12-6-4-5-7-15(12)19/h4-7,9-10H,8,11H2,1-3H3,(H,20,21). The Hall–Kier alpha value is -2.76. The van der Waals surface area contributed by atoms with Gasteiger partial charge in [-0.25, -0.2) is 4.39 Å². The van der Waals surface area contributed by atoms with Crippen molar-refractivity contribution in [2.45, 2.75) is 13.0 Å². The molecule has 2 rings (SSSR count). The molecule has 1 N–H and O–H groups in total. The van der Waals surface area contributed by atoms with Crippen molar-refractivity contribution >= 4 is 5.91 Å². The van der Waals surface area contributed by atoms with Crippen LogP contribution < -0.4 is 19.5 Å². The highest BCUT2D eigenvalue weighted by molar-refractivity contribution is 5.78. The van der Waals surface area contributed by atoms with Gasteiger partial charge in [-0.1, -0.05) is 18.2 Å². The van der Waals surface area contributed by atoms with Crippen LogP contribution >= 0.6 is 0 Å². The van der Waals surface area contributed by atoms with E-state index in [1.165, 1.54) is 20.3 Å². The smallest absolute Gasteiger partial charge is 0.224 e. The van der Waals surface area contributed by atoms with Gasteiger partial charge in [-0.05, 0) is 11.6 Å². The maximum absolute atomic E-state index is 13.6. The van der Waals surface area contributed by atoms with E-state index in [0.29, 0.717) is 28.4 Å². The van der Waals surface area contributed by atoms with Gasteiger partial charge < -0.3 is 19.5 Å². The largest absolute Gasteiger partial charge is 0.496 e. The number of ether oxygens (including phenoxy) is 3. The molecule has 6 heteroatoms. The predicted octanol–water partition coefficient (Wildman–Crippen LogP) is 2.71. The monoisotopic (exact) mass is 333 g/mol. The van der Waals surface area contributed by atoms with E-state index in [1.807, 2.05) is 0 Å². The van der Waals surface area contributed by atoms with Crippen LogP contribution in [0, 0.1) is 5.82 Å². The number of methoxy groups -OCH3 is 3. The zero-order chi connectivity index (χ0) is 17.5. The van der Waals surface area contributed by atoms with Gasteiger partial charge in [0.1, 0.15) is 23.1 Å². The van der Waals surface area contributed by atoms with E-state index in [2.05, 4.69) is 5.32 Å². The minimum atomic E-state index is -0.396. The van der Waals surface area contributed by atoms with Crippen molar-refractivity contribution in [1.82, 2.24) is 5.32 Å². The zero-order valence-corrected chi connectivity index (χ0v) is 13.9. The molecule has 1 amide bonds. The third kappa shape index (κ3) is 4.16. The Labute approximate surface area is 140 Å². The summed E-state index contributed by atoms with van der Waals surface area (Å²) in [5.41, 5.74) is 1.03. The molecule has 0 saturated carbocycles. The van der Waals surface area contributed by atoms with Crippen molar-refractivity contribution in [3.8, 4) is 17.2 Å². The Morgan fingerprint density at radius 1 is 1.04 bits per heavy atom. The minimum Gasteiger partial charge on any atom is -0.496 e. The van der Waals surface area contributed by atoms with Crippen LogP contribution in [0.15, 0.2) is 36.4 Å². The summed E-state index contributed by atoms with van der Waals surface area (Å²) in [6, 6.07) is 9.62. The fraction of sp³-hybridized carbons (Fsp3) is 0.278. The summed E-state index contributed by atoms with van der Waals surface area (Å²) in [7, 11) is 4.60. The van der Waals surface area contributed by atoms with Crippen LogP contribution in [0.3, 0.4) is 0 Å². The molecule has 0 aromatic heterocycles. The van der Waals surface area contributed by atoms with Crippen LogP contribution in [0.5, 0.6) is 17.2 Å². The van der Waals surface area contributed by atoms with E-state index in [1.54, 1.807) is 37.4 Å². The summed E-state index contributed by atoms with van der Waals surface area (Å²) in [4.78, 5) is 12.1. The lowest BCUT2D eigenvalue weighted by molar-refractivity contribution is -0.120. The molecule has 0 radical (unpaired) electrons. The third-order valence-corrected chi connectivity index (χ3v) is 3.59. The third-order valence-electron chi connectivity index (χ3n) is 3.59. The summed E-state index contributed by atoms with van der Waals surface area (Å²) in [5.74, 6) is 0.979. The van der Waals surface area contributed by atoms with Crippen LogP contribution in [0.4, 0.5) is 4.39 Å². The first kappa shape index (κ1) is 17.6. The first-order valence-electron chi connectivity index (χ1n) is 7.38. The lowest BCUT2D eigenvalue weighted by atomic mass is 10.1. The topological polar surface area (TPSA) is 56.8 Å². The van der Waals surface area contributed by atoms with Gasteiger partial charge >= 0.3 is 0 Å². The highest BCUT2D eigenvalue weighted by atomic mass is 19.1. The molecule has 0 aliphatic rings. The zero-order valence-electron chi connectivity index (χ0n) is 13.9. The second kappa shape index (κ2) is 8.19. The molecule has 0 atom stereocenters. The normalized spacial score (nSPS) is 10.2. The van der Waals surface area contributed by atoms with Gasteiger partial charge in [-0.3, -0.25) is 4.79 Å². The number of carbonyl (C=O) groups excluding carboxylic acids is 1. The lowest BCUT2D eigenvalue weighted by Crippen LogP contribution is -2.25. The number of hydrogen-bond acceptors (Lipinski definition) is 4. The molecule has 128 valence electrons. The van der Waals surface area contributed by atoms with Gasteiger partial charge in [0.25, 0.3) is 0 Å². The van der Waals surface area contributed by atoms with E-state index in [9.17, 15) is 9.18 Å². The summed E-state index contributed by atoms with van der Waals surface area (Å²) in [6.45, 7) is 0.198. The number of amides is 1. The number of nitrogens with one attached hydrogen (secondary N) is 1. The fourth-order valence-electron chi connectivity index (χ4n) is 2.32. The molecule has 5 nitrogen and oxygen atoms in total. The maximum atomic E-state index is 13.6. The number of rotatable bonds is 7. The van der Waals surface area contributed by atoms with Crippen LogP contribution in [-0.2, 0) is 17.8 Å². The summed E-state index contributed by atoms with van der Waals surface area (Å²) >= 11 is 0. The van der Waals surface area contributed by atoms with E-state index in [0.717, 1.165) is 0 Å². The van der Waals surface area contributed by atoms with Gasteiger partial charge in [0.15, 0.2) is 0 Å². The van der Waals surface area contributed by atoms with Gasteiger partial charge in [-0.2, -0.15) is 0 Å². The molecule has 0 aliphatic heterocycles. The predicted molar refractivity (Wildman–Crippen MR) is 88.0 cm³/mol. The molecule has 0 spiro atoms. The van der Waals surface area contributed by atoms with Crippen LogP contribution in [0.2, 0.25) is 0 Å². The molecule has 2 aromatic carbocycles. The molecule has 0 bridgehead atoms. The fourth-order valence-corrected chi connectivity index (χ4v) is 2.32. The quantitative estimate of drug-likeness (QED) is 0.846. The maximum Gasteiger partial charge on any atom is 0.224 e. The first-order valence-corrected chi connectivity index (χ1v) is 7.38. The van der Waals surface area contributed by atoms with Gasteiger partial charge in [-0.15, -0.1) is 0 Å². The lowest BCUT2D eigenvalue weighted by Gasteiger charge is -2.15. The molecule has 0 fully saturated rings. The van der Waals surface area contributed by atoms with Crippen molar-refractivity contribution in [3.63, 3.8) is 0 Å². The second-order valence-electron chi connectivity index (χ2n) is 5.06. The number of halogens is 1. The average molecular weight is 333 g/mol. The van der Waals surface area contributed by atoms with Crippen molar-refractivity contribution in [1.29, 1.82) is 0 Å². The Bertz CT molecular complexity index is 693. The Morgan fingerprint density at radius 2 is 1.67 bits per heavy atom. The number of benzene rings is 2. The molecule has 2 aromatic rings. The molecule has 0 unspecified atom stereocenters. The molecule has 24 heavy (non-hydrogen) atoms. The van der Waals surface area contributed by atoms with E-state index >= 15 is 0 Å². The van der Waals surface area contributed by atoms with Crippen LogP contribution in [0.25, 0.3) is 0 Å². The van der Waals surface area contributed by atoms with Crippen molar-refractivity contribution < 1.29 is 23.4 Å². The van der Waals surface area contributed by atoms with Gasteiger partial charge in [0.2, 0.25) is 5.91 Å². The van der Waals surface area contributed by atoms with Crippen LogP contribution in [-0.4, -0.2) is 27.2 Å². The summed E-state index contributed by atoms with van der Waals surface area (Å²) in [6.07, 6.45) is -0.0343. The van der Waals surface area contributed by atoms with Crippen molar-refractivity contribution in [2.24, 2.45) is 0 Å². The van der Waals surface area contributed by atoms with Crippen molar-refractivity contribution in [3.05, 3.63) is 53.3 Å². The molecular weight excluding hydrogens is 313 g/mol. The van der Waals surface area contributed by atoms with Crippen molar-refractivity contribution in [2.75, 3.05) is 21.3 Å². The molecule has 0 aliphatic carbocycles. The number of carbonyl (C=O) groups is 1. The Balaban J connectivity index is 2.11. The SMILES string of the molecule is COc1cc(OC)c(CNC(=O)Cc2ccccc2F)c(OC)c1. The van der Waals surface area contributed by atoms with E-state index in [-0.39, 0.29) is 18.9 Å². The Kier molecular flexibility index (Phi) is 6.01. The van der Waals surface area contributed by atoms with Crippen LogP contribution in [0.1, 0.15) is 11.1 Å². The Morgan fingerprint density at radius 3 is 2.21 bits per heavy atom. The van der Waals surface area contributed by atoms with Gasteiger partial charge in [0.05, 0.1) is 39.9 Å². The minimum absolute atomic E-state index is 0.0343. The first-order chi connectivity index (χ1) is 11.6. The van der Waals surface area contributed by atoms with E-state index < -0.39 is 5.82 Å². The average Bonchev–Trinajstić information content (AvgIpc) is 2.61. The highest BCUT2D eigenvalue weighted by Gasteiger charge is 2.15. The van der Waals surface area contributed by atoms with Gasteiger partial charge in [0, 0.05) is 12.1 Å². The molecular formula is C18H20FNO4. The number of hydrogen-bond donors (Lipinski definition) is 1.